The topological polar surface area (TPSA) is 83.6 Å². The van der Waals surface area contributed by atoms with E-state index in [1.807, 2.05) is 0 Å². The van der Waals surface area contributed by atoms with Crippen LogP contribution >= 0.6 is 0 Å². The smallest absolute Gasteiger partial charge is 0.257 e. The predicted octanol–water partition coefficient (Wildman–Crippen LogP) is 0.479. The van der Waals surface area contributed by atoms with Gasteiger partial charge in [-0.15, -0.1) is 0 Å². The maximum atomic E-state index is 12.8. The van der Waals surface area contributed by atoms with E-state index >= 15 is 0 Å². The second kappa shape index (κ2) is 4.64. The molecule has 5 nitrogen and oxygen atoms in total. The number of halogens is 1. The molecule has 18 heavy (non-hydrogen) atoms. The van der Waals surface area contributed by atoms with Crippen LogP contribution in [0.4, 0.5) is 4.39 Å². The molecule has 1 heterocycles. The van der Waals surface area contributed by atoms with E-state index < -0.39 is 23.4 Å². The average Bonchev–Trinajstić information content (AvgIpc) is 2.77. The maximum absolute atomic E-state index is 12.8. The lowest BCUT2D eigenvalue weighted by atomic mass is 10.1. The molecule has 1 fully saturated rings. The van der Waals surface area contributed by atoms with Gasteiger partial charge in [0, 0.05) is 19.2 Å². The molecule has 0 bridgehead atoms. The zero-order valence-corrected chi connectivity index (χ0v) is 9.60. The third-order valence-corrected chi connectivity index (χ3v) is 3.07. The maximum Gasteiger partial charge on any atom is 0.257 e. The fourth-order valence-electron chi connectivity index (χ4n) is 2.03. The van der Waals surface area contributed by atoms with E-state index in [0.29, 0.717) is 13.0 Å². The Morgan fingerprint density at radius 3 is 2.72 bits per heavy atom. The quantitative estimate of drug-likeness (QED) is 0.803. The molecule has 0 saturated carbocycles. The second-order valence-electron chi connectivity index (χ2n) is 4.30. The monoisotopic (exact) mass is 252 g/mol. The van der Waals surface area contributed by atoms with Crippen LogP contribution in [0.2, 0.25) is 0 Å². The summed E-state index contributed by atoms with van der Waals surface area (Å²) in [6.45, 7) is 0.647. The summed E-state index contributed by atoms with van der Waals surface area (Å²) >= 11 is 0. The van der Waals surface area contributed by atoms with Gasteiger partial charge >= 0.3 is 0 Å². The number of primary amides is 1. The molecule has 1 aliphatic heterocycles. The first-order valence-electron chi connectivity index (χ1n) is 5.56. The Morgan fingerprint density at radius 1 is 1.44 bits per heavy atom. The highest BCUT2D eigenvalue weighted by Crippen LogP contribution is 2.23. The first kappa shape index (κ1) is 12.3. The number of phenols is 1. The number of nitrogens with zero attached hydrogens (tertiary/aromatic N) is 1. The molecule has 96 valence electrons. The number of amides is 2. The van der Waals surface area contributed by atoms with Gasteiger partial charge in [-0.3, -0.25) is 9.59 Å². The van der Waals surface area contributed by atoms with E-state index in [4.69, 9.17) is 5.73 Å². The summed E-state index contributed by atoms with van der Waals surface area (Å²) in [7, 11) is 0. The SMILES string of the molecule is NC(=O)C1CCN(C(=O)c2ccc(F)cc2O)C1. The van der Waals surface area contributed by atoms with Gasteiger partial charge in [0.25, 0.3) is 5.91 Å². The van der Waals surface area contributed by atoms with Crippen LogP contribution in [0, 0.1) is 11.7 Å². The fraction of sp³-hybridized carbons (Fsp3) is 0.333. The predicted molar refractivity (Wildman–Crippen MR) is 61.3 cm³/mol. The number of hydrogen-bond donors (Lipinski definition) is 2. The van der Waals surface area contributed by atoms with Crippen molar-refractivity contribution < 1.29 is 19.1 Å². The molecule has 0 aliphatic carbocycles. The molecular formula is C12H13FN2O3. The van der Waals surface area contributed by atoms with Gasteiger partial charge in [0.1, 0.15) is 11.6 Å². The van der Waals surface area contributed by atoms with Crippen LogP contribution < -0.4 is 5.73 Å². The Morgan fingerprint density at radius 2 is 2.17 bits per heavy atom. The van der Waals surface area contributed by atoms with Crippen LogP contribution in [0.3, 0.4) is 0 Å². The summed E-state index contributed by atoms with van der Waals surface area (Å²) in [5.41, 5.74) is 5.20. The molecular weight excluding hydrogens is 239 g/mol. The molecule has 1 saturated heterocycles. The van der Waals surface area contributed by atoms with Gasteiger partial charge in [0.2, 0.25) is 5.91 Å². The molecule has 0 radical (unpaired) electrons. The lowest BCUT2D eigenvalue weighted by Crippen LogP contribution is -2.31. The summed E-state index contributed by atoms with van der Waals surface area (Å²) in [6.07, 6.45) is 0.517. The van der Waals surface area contributed by atoms with E-state index in [9.17, 15) is 19.1 Å². The second-order valence-corrected chi connectivity index (χ2v) is 4.30. The molecule has 1 atom stereocenters. The molecule has 3 N–H and O–H groups in total. The third kappa shape index (κ3) is 2.27. The van der Waals surface area contributed by atoms with E-state index in [1.54, 1.807) is 0 Å². The summed E-state index contributed by atoms with van der Waals surface area (Å²) in [4.78, 5) is 24.5. The largest absolute Gasteiger partial charge is 0.507 e. The van der Waals surface area contributed by atoms with Gasteiger partial charge in [-0.05, 0) is 18.6 Å². The van der Waals surface area contributed by atoms with Crippen molar-refractivity contribution in [1.82, 2.24) is 4.90 Å². The van der Waals surface area contributed by atoms with Gasteiger partial charge < -0.3 is 15.7 Å². The summed E-state index contributed by atoms with van der Waals surface area (Å²) in [5, 5.41) is 9.52. The van der Waals surface area contributed by atoms with Gasteiger partial charge in [-0.1, -0.05) is 0 Å². The molecule has 0 aromatic heterocycles. The lowest BCUT2D eigenvalue weighted by Gasteiger charge is -2.16. The Kier molecular flexibility index (Phi) is 3.18. The van der Waals surface area contributed by atoms with Gasteiger partial charge in [0.15, 0.2) is 0 Å². The van der Waals surface area contributed by atoms with Gasteiger partial charge in [0.05, 0.1) is 11.5 Å². The number of carbonyl (C=O) groups is 2. The van der Waals surface area contributed by atoms with Gasteiger partial charge in [-0.25, -0.2) is 4.39 Å². The molecule has 1 aromatic rings. The highest BCUT2D eigenvalue weighted by atomic mass is 19.1. The minimum atomic E-state index is -0.611. The molecule has 1 unspecified atom stereocenters. The molecule has 6 heteroatoms. The summed E-state index contributed by atoms with van der Waals surface area (Å²) in [5.74, 6) is -2.22. The van der Waals surface area contributed by atoms with Crippen LogP contribution in [-0.4, -0.2) is 34.9 Å². The first-order valence-corrected chi connectivity index (χ1v) is 5.56. The average molecular weight is 252 g/mol. The first-order chi connectivity index (χ1) is 8.49. The summed E-state index contributed by atoms with van der Waals surface area (Å²) < 4.78 is 12.8. The molecule has 2 rings (SSSR count). The van der Waals surface area contributed by atoms with Crippen molar-refractivity contribution in [3.8, 4) is 5.75 Å². The number of likely N-dealkylation sites (tertiary alicyclic amines) is 1. The number of benzene rings is 1. The lowest BCUT2D eigenvalue weighted by molar-refractivity contribution is -0.121. The summed E-state index contributed by atoms with van der Waals surface area (Å²) in [6, 6.07) is 3.22. The standard InChI is InChI=1S/C12H13FN2O3/c13-8-1-2-9(10(16)5-8)12(18)15-4-3-7(6-15)11(14)17/h1-2,5,7,16H,3-4,6H2,(H2,14,17). The van der Waals surface area contributed by atoms with Crippen molar-refractivity contribution in [1.29, 1.82) is 0 Å². The Labute approximate surface area is 103 Å². The van der Waals surface area contributed by atoms with Crippen molar-refractivity contribution in [2.75, 3.05) is 13.1 Å². The minimum Gasteiger partial charge on any atom is -0.507 e. The Hall–Kier alpha value is -2.11. The van der Waals surface area contributed by atoms with Crippen molar-refractivity contribution >= 4 is 11.8 Å². The number of rotatable bonds is 2. The van der Waals surface area contributed by atoms with Crippen LogP contribution in [0.1, 0.15) is 16.8 Å². The van der Waals surface area contributed by atoms with Crippen LogP contribution in [0.25, 0.3) is 0 Å². The molecule has 1 aliphatic rings. The third-order valence-electron chi connectivity index (χ3n) is 3.07. The van der Waals surface area contributed by atoms with Crippen molar-refractivity contribution in [2.24, 2.45) is 11.7 Å². The van der Waals surface area contributed by atoms with Crippen molar-refractivity contribution in [3.05, 3.63) is 29.6 Å². The van der Waals surface area contributed by atoms with Crippen LogP contribution in [0.15, 0.2) is 18.2 Å². The van der Waals surface area contributed by atoms with E-state index in [2.05, 4.69) is 0 Å². The molecule has 1 aromatic carbocycles. The normalized spacial score (nSPS) is 18.9. The number of hydrogen-bond acceptors (Lipinski definition) is 3. The van der Waals surface area contributed by atoms with Crippen LogP contribution in [-0.2, 0) is 4.79 Å². The Bertz CT molecular complexity index is 504. The van der Waals surface area contributed by atoms with E-state index in [0.717, 1.165) is 12.1 Å². The van der Waals surface area contributed by atoms with E-state index in [-0.39, 0.29) is 18.0 Å². The number of phenolic OH excluding ortho intramolecular Hbond substituents is 1. The van der Waals surface area contributed by atoms with E-state index in [1.165, 1.54) is 11.0 Å². The zero-order chi connectivity index (χ0) is 13.3. The highest BCUT2D eigenvalue weighted by Gasteiger charge is 2.31. The number of aromatic hydroxyl groups is 1. The zero-order valence-electron chi connectivity index (χ0n) is 9.60. The van der Waals surface area contributed by atoms with Crippen molar-refractivity contribution in [3.63, 3.8) is 0 Å². The minimum absolute atomic E-state index is 0.0292. The van der Waals surface area contributed by atoms with Crippen molar-refractivity contribution in [2.45, 2.75) is 6.42 Å². The van der Waals surface area contributed by atoms with Gasteiger partial charge in [-0.2, -0.15) is 0 Å². The number of nitrogens with two attached hydrogens (primary N) is 1. The number of carbonyl (C=O) groups excluding carboxylic acids is 2. The van der Waals surface area contributed by atoms with Crippen LogP contribution in [0.5, 0.6) is 5.75 Å². The molecule has 2 amide bonds. The molecule has 0 spiro atoms. The Balaban J connectivity index is 2.15. The fourth-order valence-corrected chi connectivity index (χ4v) is 2.03. The highest BCUT2D eigenvalue weighted by molar-refractivity contribution is 5.97.